The van der Waals surface area contributed by atoms with Gasteiger partial charge in [0.25, 0.3) is 11.8 Å². The summed E-state index contributed by atoms with van der Waals surface area (Å²) in [5.41, 5.74) is 2.94. The minimum atomic E-state index is -0.683. The monoisotopic (exact) mass is 636 g/mol. The minimum absolute atomic E-state index is 0.203. The van der Waals surface area contributed by atoms with Crippen LogP contribution in [0.2, 0.25) is 0 Å². The van der Waals surface area contributed by atoms with E-state index in [0.717, 1.165) is 44.0 Å². The fourth-order valence-corrected chi connectivity index (χ4v) is 5.14. The maximum absolute atomic E-state index is 13.3. The maximum atomic E-state index is 13.3. The first kappa shape index (κ1) is 33.1. The summed E-state index contributed by atoms with van der Waals surface area (Å²) in [7, 11) is 1.55. The number of amides is 2. The number of carbonyl (C=O) groups is 2. The first-order valence-electron chi connectivity index (χ1n) is 15.6. The van der Waals surface area contributed by atoms with Crippen LogP contribution in [-0.4, -0.2) is 82.9 Å². The number of ether oxygens (including phenoxy) is 1. The van der Waals surface area contributed by atoms with E-state index in [1.165, 1.54) is 6.33 Å². The van der Waals surface area contributed by atoms with Crippen molar-refractivity contribution >= 4 is 34.8 Å². The Morgan fingerprint density at radius 2 is 1.87 bits per heavy atom. The number of morpholine rings is 1. The van der Waals surface area contributed by atoms with Gasteiger partial charge in [-0.1, -0.05) is 25.1 Å². The zero-order chi connectivity index (χ0) is 33.4. The molecule has 5 rings (SSSR count). The largest absolute Gasteiger partial charge is 0.379 e. The van der Waals surface area contributed by atoms with Crippen LogP contribution in [-0.2, 0) is 10.2 Å². The normalized spacial score (nSPS) is 14.4. The number of hydrogen-bond acceptors (Lipinski definition) is 10. The molecular formula is C34H40N10O3. The van der Waals surface area contributed by atoms with Gasteiger partial charge in [0.15, 0.2) is 11.5 Å². The van der Waals surface area contributed by atoms with Crippen molar-refractivity contribution in [2.75, 3.05) is 62.4 Å². The summed E-state index contributed by atoms with van der Waals surface area (Å²) < 4.78 is 6.98. The lowest BCUT2D eigenvalue weighted by Gasteiger charge is -2.26. The highest BCUT2D eigenvalue weighted by Crippen LogP contribution is 2.29. The lowest BCUT2D eigenvalue weighted by molar-refractivity contribution is 0.0398. The van der Waals surface area contributed by atoms with E-state index in [1.807, 2.05) is 45.0 Å². The highest BCUT2D eigenvalue weighted by atomic mass is 16.5. The van der Waals surface area contributed by atoms with Crippen LogP contribution in [0.4, 0.5) is 23.0 Å². The topological polar surface area (TPSA) is 162 Å². The van der Waals surface area contributed by atoms with E-state index in [4.69, 9.17) is 4.74 Å². The standard InChI is InChI=1S/C34H40N10O3/c1-5-34(3,21-35)25-8-6-7-24(17-25)32(45)40-26-10-9-23(2)27(18-26)41-31-19-28(33(46)36-4)42-44(31)30-20-29(38-22-39-30)37-11-12-43-13-15-47-16-14-43/h6-10,17-20,22,41H,5,11-16H2,1-4H3,(H,36,46)(H,40,45)(H,37,38,39). The first-order chi connectivity index (χ1) is 22.7. The molecule has 244 valence electrons. The Balaban J connectivity index is 1.36. The number of hydrogen-bond donors (Lipinski definition) is 4. The van der Waals surface area contributed by atoms with E-state index >= 15 is 0 Å². The van der Waals surface area contributed by atoms with Crippen molar-refractivity contribution in [3.8, 4) is 11.9 Å². The van der Waals surface area contributed by atoms with Gasteiger partial charge < -0.3 is 26.0 Å². The molecule has 3 heterocycles. The highest BCUT2D eigenvalue weighted by Gasteiger charge is 2.25. The second-order valence-electron chi connectivity index (χ2n) is 11.5. The van der Waals surface area contributed by atoms with E-state index in [2.05, 4.69) is 47.3 Å². The SMILES string of the molecule is CCC(C)(C#N)c1cccc(C(=O)Nc2ccc(C)c(Nc3cc(C(=O)NC)nn3-c3cc(NCCN4CCOCC4)ncn3)c2)c1. The lowest BCUT2D eigenvalue weighted by atomic mass is 9.81. The molecule has 2 amide bonds. The van der Waals surface area contributed by atoms with Gasteiger partial charge in [0, 0.05) is 62.3 Å². The van der Waals surface area contributed by atoms with Gasteiger partial charge in [-0.15, -0.1) is 0 Å². The van der Waals surface area contributed by atoms with E-state index in [9.17, 15) is 14.9 Å². The third kappa shape index (κ3) is 7.92. The van der Waals surface area contributed by atoms with Crippen molar-refractivity contribution in [3.05, 3.63) is 83.3 Å². The van der Waals surface area contributed by atoms with Gasteiger partial charge in [0.2, 0.25) is 0 Å². The zero-order valence-electron chi connectivity index (χ0n) is 27.1. The molecule has 2 aromatic carbocycles. The van der Waals surface area contributed by atoms with Crippen LogP contribution in [0.5, 0.6) is 0 Å². The van der Waals surface area contributed by atoms with Crippen molar-refractivity contribution in [3.63, 3.8) is 0 Å². The van der Waals surface area contributed by atoms with E-state index in [0.29, 0.717) is 47.4 Å². The zero-order valence-corrected chi connectivity index (χ0v) is 27.1. The third-order valence-electron chi connectivity index (χ3n) is 8.35. The summed E-state index contributed by atoms with van der Waals surface area (Å²) in [4.78, 5) is 37.0. The molecule has 0 spiro atoms. The van der Waals surface area contributed by atoms with Crippen LogP contribution in [0.25, 0.3) is 5.82 Å². The van der Waals surface area contributed by atoms with Crippen LogP contribution in [0.15, 0.2) is 60.9 Å². The van der Waals surface area contributed by atoms with E-state index in [-0.39, 0.29) is 17.5 Å². The van der Waals surface area contributed by atoms with Crippen LogP contribution >= 0.6 is 0 Å². The van der Waals surface area contributed by atoms with Crippen molar-refractivity contribution in [1.29, 1.82) is 5.26 Å². The van der Waals surface area contributed by atoms with Gasteiger partial charge in [-0.05, 0) is 55.7 Å². The maximum Gasteiger partial charge on any atom is 0.271 e. The fraction of sp³-hybridized carbons (Fsp3) is 0.353. The lowest BCUT2D eigenvalue weighted by Crippen LogP contribution is -2.39. The molecule has 0 bridgehead atoms. The van der Waals surface area contributed by atoms with Gasteiger partial charge >= 0.3 is 0 Å². The van der Waals surface area contributed by atoms with Crippen LogP contribution in [0.1, 0.15) is 52.2 Å². The first-order valence-corrected chi connectivity index (χ1v) is 15.6. The Morgan fingerprint density at radius 1 is 1.06 bits per heavy atom. The van der Waals surface area contributed by atoms with Gasteiger partial charge in [-0.2, -0.15) is 15.0 Å². The Bertz CT molecular complexity index is 1780. The average Bonchev–Trinajstić information content (AvgIpc) is 3.53. The molecule has 47 heavy (non-hydrogen) atoms. The Morgan fingerprint density at radius 3 is 2.62 bits per heavy atom. The second-order valence-corrected chi connectivity index (χ2v) is 11.5. The van der Waals surface area contributed by atoms with Gasteiger partial charge in [-0.3, -0.25) is 14.5 Å². The summed E-state index contributed by atoms with van der Waals surface area (Å²) in [6, 6.07) is 18.5. The summed E-state index contributed by atoms with van der Waals surface area (Å²) in [6.07, 6.45) is 2.08. The van der Waals surface area contributed by atoms with E-state index in [1.54, 1.807) is 42.1 Å². The van der Waals surface area contributed by atoms with Gasteiger partial charge in [-0.25, -0.2) is 9.97 Å². The summed E-state index contributed by atoms with van der Waals surface area (Å²) in [5.74, 6) is 0.950. The number of aromatic nitrogens is 4. The molecule has 1 fully saturated rings. The molecule has 13 nitrogen and oxygen atoms in total. The van der Waals surface area contributed by atoms with Crippen molar-refractivity contribution < 1.29 is 14.3 Å². The Hall–Kier alpha value is -5.32. The number of aryl methyl sites for hydroxylation is 1. The molecule has 0 aliphatic carbocycles. The minimum Gasteiger partial charge on any atom is -0.379 e. The molecule has 1 aliphatic heterocycles. The van der Waals surface area contributed by atoms with Crippen LogP contribution < -0.4 is 21.3 Å². The molecule has 1 unspecified atom stereocenters. The van der Waals surface area contributed by atoms with Crippen molar-refractivity contribution in [2.45, 2.75) is 32.6 Å². The molecular weight excluding hydrogens is 596 g/mol. The summed E-state index contributed by atoms with van der Waals surface area (Å²) in [5, 5.41) is 26.6. The molecule has 4 aromatic rings. The average molecular weight is 637 g/mol. The molecule has 0 saturated carbocycles. The predicted octanol–water partition coefficient (Wildman–Crippen LogP) is 4.26. The van der Waals surface area contributed by atoms with E-state index < -0.39 is 5.41 Å². The fourth-order valence-electron chi connectivity index (χ4n) is 5.14. The molecule has 4 N–H and O–H groups in total. The highest BCUT2D eigenvalue weighted by molar-refractivity contribution is 6.04. The summed E-state index contributed by atoms with van der Waals surface area (Å²) in [6.45, 7) is 10.6. The smallest absolute Gasteiger partial charge is 0.271 e. The predicted molar refractivity (Wildman–Crippen MR) is 180 cm³/mol. The molecule has 0 radical (unpaired) electrons. The number of rotatable bonds is 12. The van der Waals surface area contributed by atoms with Crippen molar-refractivity contribution in [2.24, 2.45) is 0 Å². The van der Waals surface area contributed by atoms with Crippen LogP contribution in [0, 0.1) is 18.3 Å². The quantitative estimate of drug-likeness (QED) is 0.177. The number of carbonyl (C=O) groups excluding carboxylic acids is 2. The summed E-state index contributed by atoms with van der Waals surface area (Å²) >= 11 is 0. The van der Waals surface area contributed by atoms with Gasteiger partial charge in [0.05, 0.1) is 24.7 Å². The van der Waals surface area contributed by atoms with Gasteiger partial charge in [0.1, 0.15) is 18.0 Å². The number of benzene rings is 2. The molecule has 1 atom stereocenters. The number of nitriles is 1. The second kappa shape index (κ2) is 14.8. The molecule has 1 aliphatic rings. The molecule has 2 aromatic heterocycles. The molecule has 13 heteroatoms. The molecule has 1 saturated heterocycles. The number of nitrogens with one attached hydrogen (secondary N) is 4. The third-order valence-corrected chi connectivity index (χ3v) is 8.35. The number of anilines is 4. The Kier molecular flexibility index (Phi) is 10.4. The van der Waals surface area contributed by atoms with Crippen molar-refractivity contribution in [1.82, 2.24) is 30.0 Å². The number of nitrogens with zero attached hydrogens (tertiary/aromatic N) is 6. The Labute approximate surface area is 274 Å². The van der Waals surface area contributed by atoms with Crippen LogP contribution in [0.3, 0.4) is 0 Å².